The zero-order valence-corrected chi connectivity index (χ0v) is 10.7. The number of nitrogens with one attached hydrogen (secondary N) is 1. The Hall–Kier alpha value is -0.950. The number of hydrogen-bond acceptors (Lipinski definition) is 4. The van der Waals surface area contributed by atoms with E-state index in [-0.39, 0.29) is 11.4 Å². The molecule has 0 radical (unpaired) electrons. The molecule has 0 bridgehead atoms. The van der Waals surface area contributed by atoms with Gasteiger partial charge in [-0.1, -0.05) is 12.1 Å². The fourth-order valence-corrected chi connectivity index (χ4v) is 2.38. The third-order valence-corrected chi connectivity index (χ3v) is 3.74. The van der Waals surface area contributed by atoms with Crippen LogP contribution in [-0.2, 0) is 21.2 Å². The Balaban J connectivity index is 2.71. The van der Waals surface area contributed by atoms with Crippen LogP contribution in [0.25, 0.3) is 0 Å². The van der Waals surface area contributed by atoms with E-state index in [9.17, 15) is 8.42 Å². The number of benzene rings is 1. The second-order valence-electron chi connectivity index (χ2n) is 3.57. The topological polar surface area (TPSA) is 81.4 Å². The molecule has 17 heavy (non-hydrogen) atoms. The maximum absolute atomic E-state index is 11.8. The maximum atomic E-state index is 11.8. The van der Waals surface area contributed by atoms with E-state index in [1.807, 2.05) is 0 Å². The summed E-state index contributed by atoms with van der Waals surface area (Å²) in [5.74, 6) is 0. The molecular formula is C11H18N2O3S. The van der Waals surface area contributed by atoms with Crippen molar-refractivity contribution < 1.29 is 13.2 Å². The number of ether oxygens (including phenoxy) is 1. The highest BCUT2D eigenvalue weighted by molar-refractivity contribution is 7.89. The number of nitrogens with two attached hydrogens (primary N) is 1. The highest BCUT2D eigenvalue weighted by atomic mass is 32.2. The highest BCUT2D eigenvalue weighted by Crippen LogP contribution is 2.10. The molecule has 0 fully saturated rings. The van der Waals surface area contributed by atoms with E-state index in [0.717, 1.165) is 12.0 Å². The molecule has 1 rings (SSSR count). The lowest BCUT2D eigenvalue weighted by Gasteiger charge is -2.07. The Kier molecular flexibility index (Phi) is 5.57. The van der Waals surface area contributed by atoms with Gasteiger partial charge < -0.3 is 10.5 Å². The van der Waals surface area contributed by atoms with Gasteiger partial charge in [0.2, 0.25) is 10.0 Å². The summed E-state index contributed by atoms with van der Waals surface area (Å²) in [6, 6.07) is 6.72. The van der Waals surface area contributed by atoms with Crippen molar-refractivity contribution in [3.63, 3.8) is 0 Å². The second-order valence-corrected chi connectivity index (χ2v) is 5.34. The molecular weight excluding hydrogens is 240 g/mol. The fourth-order valence-electron chi connectivity index (χ4n) is 1.36. The first-order valence-electron chi connectivity index (χ1n) is 5.38. The Morgan fingerprint density at radius 2 is 1.94 bits per heavy atom. The highest BCUT2D eigenvalue weighted by Gasteiger charge is 2.12. The number of sulfonamides is 1. The first-order chi connectivity index (χ1) is 8.10. The van der Waals surface area contributed by atoms with Gasteiger partial charge >= 0.3 is 0 Å². The standard InChI is InChI=1S/C11H18N2O3S/c1-16-9-8-13-17(14,15)11-4-2-10(3-5-11)6-7-12/h2-5,13H,6-9,12H2,1H3. The second kappa shape index (κ2) is 6.70. The molecule has 0 unspecified atom stereocenters. The first-order valence-corrected chi connectivity index (χ1v) is 6.86. The van der Waals surface area contributed by atoms with E-state index in [1.165, 1.54) is 7.11 Å². The first kappa shape index (κ1) is 14.1. The number of hydrogen-bond donors (Lipinski definition) is 2. The Bertz CT molecular complexity index is 429. The molecule has 0 aliphatic rings. The van der Waals surface area contributed by atoms with Crippen LogP contribution in [0.2, 0.25) is 0 Å². The summed E-state index contributed by atoms with van der Waals surface area (Å²) in [5, 5.41) is 0. The maximum Gasteiger partial charge on any atom is 0.240 e. The summed E-state index contributed by atoms with van der Waals surface area (Å²) >= 11 is 0. The van der Waals surface area contributed by atoms with Crippen LogP contribution >= 0.6 is 0 Å². The minimum absolute atomic E-state index is 0.259. The average molecular weight is 258 g/mol. The minimum atomic E-state index is -3.43. The minimum Gasteiger partial charge on any atom is -0.383 e. The van der Waals surface area contributed by atoms with Gasteiger partial charge in [0, 0.05) is 13.7 Å². The lowest BCUT2D eigenvalue weighted by atomic mass is 10.2. The number of rotatable bonds is 7. The van der Waals surface area contributed by atoms with Crippen molar-refractivity contribution in [3.05, 3.63) is 29.8 Å². The molecule has 1 aromatic carbocycles. The molecule has 0 aliphatic carbocycles. The molecule has 0 aliphatic heterocycles. The molecule has 96 valence electrons. The van der Waals surface area contributed by atoms with E-state index >= 15 is 0 Å². The molecule has 0 spiro atoms. The predicted octanol–water partition coefficient (Wildman–Crippen LogP) is 0.113. The van der Waals surface area contributed by atoms with Crippen LogP contribution < -0.4 is 10.5 Å². The van der Waals surface area contributed by atoms with Crippen LogP contribution in [0.15, 0.2) is 29.2 Å². The predicted molar refractivity (Wildman–Crippen MR) is 66.3 cm³/mol. The SMILES string of the molecule is COCCNS(=O)(=O)c1ccc(CCN)cc1. The van der Waals surface area contributed by atoms with E-state index in [2.05, 4.69) is 4.72 Å². The van der Waals surface area contributed by atoms with Crippen molar-refractivity contribution >= 4 is 10.0 Å². The van der Waals surface area contributed by atoms with Gasteiger partial charge in [-0.05, 0) is 30.7 Å². The molecule has 0 aromatic heterocycles. The smallest absolute Gasteiger partial charge is 0.240 e. The largest absolute Gasteiger partial charge is 0.383 e. The van der Waals surface area contributed by atoms with Crippen molar-refractivity contribution in [2.75, 3.05) is 26.8 Å². The molecule has 1 aromatic rings. The van der Waals surface area contributed by atoms with Gasteiger partial charge in [-0.25, -0.2) is 13.1 Å². The van der Waals surface area contributed by atoms with Crippen LogP contribution in [0.3, 0.4) is 0 Å². The number of methoxy groups -OCH3 is 1. The van der Waals surface area contributed by atoms with E-state index in [0.29, 0.717) is 13.2 Å². The van der Waals surface area contributed by atoms with E-state index in [4.69, 9.17) is 10.5 Å². The normalized spacial score (nSPS) is 11.6. The molecule has 0 amide bonds. The van der Waals surface area contributed by atoms with E-state index < -0.39 is 10.0 Å². The van der Waals surface area contributed by atoms with E-state index in [1.54, 1.807) is 24.3 Å². The molecule has 0 saturated heterocycles. The molecule has 0 atom stereocenters. The Morgan fingerprint density at radius 1 is 1.29 bits per heavy atom. The van der Waals surface area contributed by atoms with Gasteiger partial charge in [0.25, 0.3) is 0 Å². The summed E-state index contributed by atoms with van der Waals surface area (Å²) < 4.78 is 30.8. The Morgan fingerprint density at radius 3 is 2.47 bits per heavy atom. The van der Waals surface area contributed by atoms with Crippen LogP contribution in [0.4, 0.5) is 0 Å². The summed E-state index contributed by atoms with van der Waals surface area (Å²) in [4.78, 5) is 0.259. The summed E-state index contributed by atoms with van der Waals surface area (Å²) in [6.07, 6.45) is 0.747. The van der Waals surface area contributed by atoms with Gasteiger partial charge in [-0.3, -0.25) is 0 Å². The molecule has 0 heterocycles. The fraction of sp³-hybridized carbons (Fsp3) is 0.455. The van der Waals surface area contributed by atoms with Gasteiger partial charge in [0.1, 0.15) is 0 Å². The molecule has 6 heteroatoms. The molecule has 3 N–H and O–H groups in total. The van der Waals surface area contributed by atoms with Crippen molar-refractivity contribution in [1.29, 1.82) is 0 Å². The Labute approximate surface area is 102 Å². The van der Waals surface area contributed by atoms with Crippen molar-refractivity contribution in [2.45, 2.75) is 11.3 Å². The zero-order valence-electron chi connectivity index (χ0n) is 9.85. The van der Waals surface area contributed by atoms with Crippen molar-refractivity contribution in [3.8, 4) is 0 Å². The molecule has 5 nitrogen and oxygen atoms in total. The molecule has 0 saturated carbocycles. The van der Waals surface area contributed by atoms with Gasteiger partial charge in [0.05, 0.1) is 11.5 Å². The average Bonchev–Trinajstić information content (AvgIpc) is 2.30. The summed E-state index contributed by atoms with van der Waals surface area (Å²) in [7, 11) is -1.90. The third-order valence-electron chi connectivity index (χ3n) is 2.26. The van der Waals surface area contributed by atoms with Crippen molar-refractivity contribution in [1.82, 2.24) is 4.72 Å². The quantitative estimate of drug-likeness (QED) is 0.680. The lowest BCUT2D eigenvalue weighted by Crippen LogP contribution is -2.27. The monoisotopic (exact) mass is 258 g/mol. The zero-order chi connectivity index (χ0) is 12.7. The lowest BCUT2D eigenvalue weighted by molar-refractivity contribution is 0.204. The van der Waals surface area contributed by atoms with Gasteiger partial charge in [0.15, 0.2) is 0 Å². The third kappa shape index (κ3) is 4.43. The van der Waals surface area contributed by atoms with Gasteiger partial charge in [-0.2, -0.15) is 0 Å². The van der Waals surface area contributed by atoms with Crippen LogP contribution in [0.1, 0.15) is 5.56 Å². The van der Waals surface area contributed by atoms with Gasteiger partial charge in [-0.15, -0.1) is 0 Å². The summed E-state index contributed by atoms with van der Waals surface area (Å²) in [6.45, 7) is 1.17. The summed E-state index contributed by atoms with van der Waals surface area (Å²) in [5.41, 5.74) is 6.45. The van der Waals surface area contributed by atoms with Crippen LogP contribution in [0.5, 0.6) is 0 Å². The van der Waals surface area contributed by atoms with Crippen molar-refractivity contribution in [2.24, 2.45) is 5.73 Å². The van der Waals surface area contributed by atoms with Crippen LogP contribution in [-0.4, -0.2) is 35.2 Å². The van der Waals surface area contributed by atoms with Crippen LogP contribution in [0, 0.1) is 0 Å².